The van der Waals surface area contributed by atoms with Crippen molar-refractivity contribution in [1.29, 1.82) is 0 Å². The van der Waals surface area contributed by atoms with Gasteiger partial charge >= 0.3 is 0 Å². The Morgan fingerprint density at radius 3 is 2.64 bits per heavy atom. The van der Waals surface area contributed by atoms with Gasteiger partial charge in [-0.3, -0.25) is 4.79 Å². The van der Waals surface area contributed by atoms with Gasteiger partial charge in [0.15, 0.2) is 5.96 Å². The fourth-order valence-electron chi connectivity index (χ4n) is 1.82. The van der Waals surface area contributed by atoms with Crippen LogP contribution >= 0.6 is 0 Å². The molecule has 0 saturated heterocycles. The Bertz CT molecular complexity index is 503. The van der Waals surface area contributed by atoms with Crippen LogP contribution in [0.4, 0.5) is 4.39 Å². The maximum absolute atomic E-state index is 13.5. The molecule has 22 heavy (non-hydrogen) atoms. The highest BCUT2D eigenvalue weighted by molar-refractivity contribution is 5.81. The second kappa shape index (κ2) is 9.76. The minimum absolute atomic E-state index is 0.00699. The minimum Gasteiger partial charge on any atom is -0.357 e. The molecule has 0 heterocycles. The normalized spacial score (nSPS) is 11.4. The van der Waals surface area contributed by atoms with Gasteiger partial charge in [0, 0.05) is 31.1 Å². The number of carbonyl (C=O) groups excluding carboxylic acids is 1. The summed E-state index contributed by atoms with van der Waals surface area (Å²) in [7, 11) is 0. The molecule has 3 N–H and O–H groups in total. The van der Waals surface area contributed by atoms with E-state index >= 15 is 0 Å². The van der Waals surface area contributed by atoms with Crippen molar-refractivity contribution in [2.24, 2.45) is 4.99 Å². The van der Waals surface area contributed by atoms with Crippen LogP contribution < -0.4 is 16.0 Å². The van der Waals surface area contributed by atoms with Crippen LogP contribution in [-0.2, 0) is 11.3 Å². The Morgan fingerprint density at radius 2 is 2.00 bits per heavy atom. The summed E-state index contributed by atoms with van der Waals surface area (Å²) in [6.45, 7) is 7.21. The van der Waals surface area contributed by atoms with Crippen LogP contribution in [0.3, 0.4) is 0 Å². The highest BCUT2D eigenvalue weighted by Gasteiger charge is 2.04. The summed E-state index contributed by atoms with van der Waals surface area (Å²) in [5, 5.41) is 8.97. The lowest BCUT2D eigenvalue weighted by molar-refractivity contribution is -0.121. The molecule has 0 bridgehead atoms. The molecular weight excluding hydrogens is 283 g/mol. The zero-order chi connectivity index (χ0) is 16.4. The quantitative estimate of drug-likeness (QED) is 0.531. The molecule has 0 aliphatic heterocycles. The van der Waals surface area contributed by atoms with Crippen molar-refractivity contribution >= 4 is 11.9 Å². The summed E-state index contributed by atoms with van der Waals surface area (Å²) in [5.74, 6) is 0.300. The van der Waals surface area contributed by atoms with E-state index in [0.717, 1.165) is 0 Å². The van der Waals surface area contributed by atoms with E-state index in [1.54, 1.807) is 18.2 Å². The maximum Gasteiger partial charge on any atom is 0.221 e. The highest BCUT2D eigenvalue weighted by Crippen LogP contribution is 2.07. The molecule has 5 nitrogen and oxygen atoms in total. The van der Waals surface area contributed by atoms with Crippen molar-refractivity contribution in [1.82, 2.24) is 16.0 Å². The third kappa shape index (κ3) is 7.06. The van der Waals surface area contributed by atoms with Crippen LogP contribution in [0.2, 0.25) is 0 Å². The molecule has 0 spiro atoms. The lowest BCUT2D eigenvalue weighted by Crippen LogP contribution is -2.40. The number of rotatable bonds is 7. The number of hydrogen-bond acceptors (Lipinski definition) is 2. The molecule has 0 aliphatic carbocycles. The average molecular weight is 308 g/mol. The topological polar surface area (TPSA) is 65.5 Å². The van der Waals surface area contributed by atoms with Crippen molar-refractivity contribution < 1.29 is 9.18 Å². The van der Waals surface area contributed by atoms with E-state index in [2.05, 4.69) is 20.9 Å². The Labute approximate surface area is 131 Å². The fraction of sp³-hybridized carbons (Fsp3) is 0.500. The second-order valence-electron chi connectivity index (χ2n) is 5.19. The highest BCUT2D eigenvalue weighted by atomic mass is 19.1. The average Bonchev–Trinajstić information content (AvgIpc) is 2.45. The number of amides is 1. The zero-order valence-corrected chi connectivity index (χ0v) is 13.4. The van der Waals surface area contributed by atoms with Gasteiger partial charge in [0.25, 0.3) is 0 Å². The van der Waals surface area contributed by atoms with Crippen molar-refractivity contribution in [2.75, 3.05) is 13.1 Å². The summed E-state index contributed by atoms with van der Waals surface area (Å²) in [4.78, 5) is 15.9. The predicted molar refractivity (Wildman–Crippen MR) is 87.1 cm³/mol. The summed E-state index contributed by atoms with van der Waals surface area (Å²) < 4.78 is 13.5. The predicted octanol–water partition coefficient (Wildman–Crippen LogP) is 1.80. The first-order valence-electron chi connectivity index (χ1n) is 7.57. The van der Waals surface area contributed by atoms with Gasteiger partial charge in [-0.15, -0.1) is 0 Å². The van der Waals surface area contributed by atoms with Gasteiger partial charge in [-0.2, -0.15) is 0 Å². The Morgan fingerprint density at radius 1 is 1.27 bits per heavy atom. The molecule has 1 rings (SSSR count). The van der Waals surface area contributed by atoms with Crippen molar-refractivity contribution in [3.05, 3.63) is 35.6 Å². The molecule has 122 valence electrons. The molecule has 0 aliphatic rings. The number of nitrogens with zero attached hydrogens (tertiary/aromatic N) is 1. The van der Waals surface area contributed by atoms with Gasteiger partial charge in [0.2, 0.25) is 5.91 Å². The molecule has 0 radical (unpaired) electrons. The summed E-state index contributed by atoms with van der Waals surface area (Å²) in [6.07, 6.45) is 0.363. The fourth-order valence-corrected chi connectivity index (χ4v) is 1.82. The molecule has 0 saturated carbocycles. The van der Waals surface area contributed by atoms with Crippen LogP contribution in [0.25, 0.3) is 0 Å². The lowest BCUT2D eigenvalue weighted by Gasteiger charge is -2.12. The standard InChI is InChI=1S/C16H25FN4O/c1-4-18-16(19-10-9-15(22)21-12(2)3)20-11-13-7-5-6-8-14(13)17/h5-8,12H,4,9-11H2,1-3H3,(H,21,22)(H2,18,19,20). The van der Waals surface area contributed by atoms with Crippen LogP contribution in [0.5, 0.6) is 0 Å². The molecule has 0 aromatic heterocycles. The number of hydrogen-bond donors (Lipinski definition) is 3. The Balaban J connectivity index is 2.49. The maximum atomic E-state index is 13.5. The first-order chi connectivity index (χ1) is 10.5. The van der Waals surface area contributed by atoms with E-state index in [1.807, 2.05) is 20.8 Å². The van der Waals surface area contributed by atoms with Crippen LogP contribution in [0, 0.1) is 5.82 Å². The van der Waals surface area contributed by atoms with E-state index in [0.29, 0.717) is 31.0 Å². The number of benzene rings is 1. The number of aliphatic imine (C=N–C) groups is 1. The molecule has 1 aromatic rings. The SMILES string of the molecule is CCNC(=NCc1ccccc1F)NCCC(=O)NC(C)C. The van der Waals surface area contributed by atoms with Gasteiger partial charge in [0.05, 0.1) is 6.54 Å². The van der Waals surface area contributed by atoms with E-state index < -0.39 is 0 Å². The molecule has 0 unspecified atom stereocenters. The third-order valence-electron chi connectivity index (χ3n) is 2.80. The van der Waals surface area contributed by atoms with E-state index in [4.69, 9.17) is 0 Å². The van der Waals surface area contributed by atoms with Crippen LogP contribution in [-0.4, -0.2) is 31.0 Å². The molecule has 6 heteroatoms. The molecular formula is C16H25FN4O. The zero-order valence-electron chi connectivity index (χ0n) is 13.4. The lowest BCUT2D eigenvalue weighted by atomic mass is 10.2. The van der Waals surface area contributed by atoms with Gasteiger partial charge in [-0.25, -0.2) is 9.38 Å². The van der Waals surface area contributed by atoms with E-state index in [9.17, 15) is 9.18 Å². The van der Waals surface area contributed by atoms with E-state index in [-0.39, 0.29) is 24.3 Å². The first-order valence-corrected chi connectivity index (χ1v) is 7.57. The summed E-state index contributed by atoms with van der Waals surface area (Å²) in [6, 6.07) is 6.69. The van der Waals surface area contributed by atoms with Crippen molar-refractivity contribution in [3.8, 4) is 0 Å². The van der Waals surface area contributed by atoms with Gasteiger partial charge in [-0.1, -0.05) is 18.2 Å². The summed E-state index contributed by atoms with van der Waals surface area (Å²) >= 11 is 0. The minimum atomic E-state index is -0.265. The number of carbonyl (C=O) groups is 1. The largest absolute Gasteiger partial charge is 0.357 e. The smallest absolute Gasteiger partial charge is 0.221 e. The third-order valence-corrected chi connectivity index (χ3v) is 2.80. The first kappa shape index (κ1) is 17.9. The Kier molecular flexibility index (Phi) is 7.96. The summed E-state index contributed by atoms with van der Waals surface area (Å²) in [5.41, 5.74) is 0.539. The Hall–Kier alpha value is -2.11. The number of nitrogens with one attached hydrogen (secondary N) is 3. The van der Waals surface area contributed by atoms with Crippen molar-refractivity contribution in [2.45, 2.75) is 39.8 Å². The number of halogens is 1. The van der Waals surface area contributed by atoms with Crippen molar-refractivity contribution in [3.63, 3.8) is 0 Å². The van der Waals surface area contributed by atoms with Gasteiger partial charge in [0.1, 0.15) is 5.82 Å². The monoisotopic (exact) mass is 308 g/mol. The molecule has 0 atom stereocenters. The van der Waals surface area contributed by atoms with Gasteiger partial charge in [-0.05, 0) is 26.8 Å². The molecule has 0 fully saturated rings. The van der Waals surface area contributed by atoms with Crippen LogP contribution in [0.1, 0.15) is 32.8 Å². The molecule has 1 aromatic carbocycles. The molecule has 1 amide bonds. The number of guanidine groups is 1. The second-order valence-corrected chi connectivity index (χ2v) is 5.19. The van der Waals surface area contributed by atoms with Crippen LogP contribution in [0.15, 0.2) is 29.3 Å². The van der Waals surface area contributed by atoms with Gasteiger partial charge < -0.3 is 16.0 Å². The van der Waals surface area contributed by atoms with E-state index in [1.165, 1.54) is 6.07 Å².